The van der Waals surface area contributed by atoms with E-state index in [9.17, 15) is 4.79 Å². The number of hydrogen-bond donors (Lipinski definition) is 2. The van der Waals surface area contributed by atoms with Crippen molar-refractivity contribution in [2.24, 2.45) is 0 Å². The zero-order valence-corrected chi connectivity index (χ0v) is 9.76. The zero-order valence-electron chi connectivity index (χ0n) is 7.42. The smallest absolute Gasteiger partial charge is 0.325 e. The van der Waals surface area contributed by atoms with Gasteiger partial charge >= 0.3 is 5.97 Å². The molecule has 3 nitrogen and oxygen atoms in total. The molecule has 0 aliphatic heterocycles. The Kier molecular flexibility index (Phi) is 3.77. The Hall–Kier alpha value is -0.740. The number of rotatable bonds is 3. The number of benzene rings is 1. The summed E-state index contributed by atoms with van der Waals surface area (Å²) in [6.45, 7) is 1.57. The van der Waals surface area contributed by atoms with E-state index in [-0.39, 0.29) is 0 Å². The maximum atomic E-state index is 10.6. The van der Waals surface area contributed by atoms with Crippen LogP contribution in [-0.4, -0.2) is 17.1 Å². The van der Waals surface area contributed by atoms with Gasteiger partial charge in [0.2, 0.25) is 0 Å². The summed E-state index contributed by atoms with van der Waals surface area (Å²) in [5.74, 6) is -0.902. The van der Waals surface area contributed by atoms with Gasteiger partial charge in [-0.15, -0.1) is 0 Å². The van der Waals surface area contributed by atoms with E-state index in [1.54, 1.807) is 25.1 Å². The summed E-state index contributed by atoms with van der Waals surface area (Å²) in [4.78, 5) is 10.6. The maximum absolute atomic E-state index is 10.6. The fourth-order valence-corrected chi connectivity index (χ4v) is 1.81. The summed E-state index contributed by atoms with van der Waals surface area (Å²) >= 11 is 9.06. The summed E-state index contributed by atoms with van der Waals surface area (Å²) in [7, 11) is 0. The molecule has 1 aromatic carbocycles. The van der Waals surface area contributed by atoms with Crippen LogP contribution in [0.25, 0.3) is 0 Å². The van der Waals surface area contributed by atoms with Crippen molar-refractivity contribution in [1.29, 1.82) is 0 Å². The SMILES string of the molecule is CC(Nc1cc(Cl)cc(Br)c1)C(=O)O. The second-order valence-corrected chi connectivity index (χ2v) is 4.21. The first-order chi connectivity index (χ1) is 6.49. The van der Waals surface area contributed by atoms with E-state index < -0.39 is 12.0 Å². The molecule has 0 fully saturated rings. The van der Waals surface area contributed by atoms with Crippen LogP contribution >= 0.6 is 27.5 Å². The molecule has 0 saturated carbocycles. The van der Waals surface area contributed by atoms with Crippen LogP contribution in [0.2, 0.25) is 5.02 Å². The van der Waals surface area contributed by atoms with Gasteiger partial charge in [-0.05, 0) is 25.1 Å². The summed E-state index contributed by atoms with van der Waals surface area (Å²) < 4.78 is 0.810. The molecule has 0 saturated heterocycles. The van der Waals surface area contributed by atoms with Gasteiger partial charge in [0.1, 0.15) is 6.04 Å². The van der Waals surface area contributed by atoms with E-state index in [0.29, 0.717) is 10.7 Å². The Bertz CT molecular complexity index is 336. The van der Waals surface area contributed by atoms with E-state index in [4.69, 9.17) is 16.7 Å². The van der Waals surface area contributed by atoms with Gasteiger partial charge < -0.3 is 10.4 Å². The zero-order chi connectivity index (χ0) is 10.7. The van der Waals surface area contributed by atoms with Crippen LogP contribution in [0.3, 0.4) is 0 Å². The molecular formula is C9H9BrClNO2. The highest BCUT2D eigenvalue weighted by Gasteiger charge is 2.10. The van der Waals surface area contributed by atoms with Gasteiger partial charge in [0.05, 0.1) is 0 Å². The van der Waals surface area contributed by atoms with Crippen molar-refractivity contribution in [1.82, 2.24) is 0 Å². The number of carboxylic acids is 1. The minimum Gasteiger partial charge on any atom is -0.480 e. The lowest BCUT2D eigenvalue weighted by atomic mass is 10.2. The Balaban J connectivity index is 2.81. The Labute approximate surface area is 95.2 Å². The molecule has 1 unspecified atom stereocenters. The summed E-state index contributed by atoms with van der Waals surface area (Å²) in [6, 6.07) is 4.54. The molecule has 76 valence electrons. The Morgan fingerprint density at radius 1 is 1.57 bits per heavy atom. The van der Waals surface area contributed by atoms with Crippen LogP contribution in [0.5, 0.6) is 0 Å². The quantitative estimate of drug-likeness (QED) is 0.893. The molecule has 0 bridgehead atoms. The lowest BCUT2D eigenvalue weighted by Crippen LogP contribution is -2.25. The Morgan fingerprint density at radius 3 is 2.71 bits per heavy atom. The van der Waals surface area contributed by atoms with Crippen molar-refractivity contribution >= 4 is 39.2 Å². The summed E-state index contributed by atoms with van der Waals surface area (Å²) in [5, 5.41) is 12.0. The molecule has 2 N–H and O–H groups in total. The number of nitrogens with one attached hydrogen (secondary N) is 1. The normalized spacial score (nSPS) is 12.2. The minimum absolute atomic E-state index is 0.555. The third-order valence-corrected chi connectivity index (χ3v) is 2.29. The molecule has 0 aliphatic rings. The van der Waals surface area contributed by atoms with Gasteiger partial charge in [0.25, 0.3) is 0 Å². The van der Waals surface area contributed by atoms with E-state index >= 15 is 0 Å². The molecule has 1 rings (SSSR count). The van der Waals surface area contributed by atoms with Crippen LogP contribution in [0.4, 0.5) is 5.69 Å². The first-order valence-corrected chi connectivity index (χ1v) is 5.11. The van der Waals surface area contributed by atoms with Crippen molar-refractivity contribution in [3.05, 3.63) is 27.7 Å². The largest absolute Gasteiger partial charge is 0.480 e. The first kappa shape index (κ1) is 11.3. The average molecular weight is 279 g/mol. The summed E-state index contributed by atoms with van der Waals surface area (Å²) in [5.41, 5.74) is 0.680. The molecule has 1 aromatic rings. The number of aliphatic carboxylic acids is 1. The molecular weight excluding hydrogens is 269 g/mol. The van der Waals surface area contributed by atoms with Crippen LogP contribution in [0, 0.1) is 0 Å². The van der Waals surface area contributed by atoms with Crippen molar-refractivity contribution in [2.75, 3.05) is 5.32 Å². The molecule has 0 heterocycles. The minimum atomic E-state index is -0.902. The van der Waals surface area contributed by atoms with Gasteiger partial charge in [0.15, 0.2) is 0 Å². The molecule has 0 radical (unpaired) electrons. The van der Waals surface area contributed by atoms with Crippen molar-refractivity contribution in [3.8, 4) is 0 Å². The molecule has 0 amide bonds. The average Bonchev–Trinajstić information content (AvgIpc) is 2.01. The Morgan fingerprint density at radius 2 is 2.21 bits per heavy atom. The number of carbonyl (C=O) groups is 1. The van der Waals surface area contributed by atoms with E-state index in [0.717, 1.165) is 4.47 Å². The van der Waals surface area contributed by atoms with Crippen LogP contribution in [0.15, 0.2) is 22.7 Å². The molecule has 0 aromatic heterocycles. The molecule has 5 heteroatoms. The maximum Gasteiger partial charge on any atom is 0.325 e. The molecule has 0 aliphatic carbocycles. The standard InChI is InChI=1S/C9H9BrClNO2/c1-5(9(13)14)12-8-3-6(10)2-7(11)4-8/h2-5,12H,1H3,(H,13,14). The third-order valence-electron chi connectivity index (χ3n) is 1.62. The second-order valence-electron chi connectivity index (χ2n) is 2.86. The van der Waals surface area contributed by atoms with E-state index in [2.05, 4.69) is 21.2 Å². The van der Waals surface area contributed by atoms with E-state index in [1.165, 1.54) is 0 Å². The lowest BCUT2D eigenvalue weighted by molar-refractivity contribution is -0.137. The predicted molar refractivity (Wildman–Crippen MR) is 59.9 cm³/mol. The fraction of sp³-hybridized carbons (Fsp3) is 0.222. The topological polar surface area (TPSA) is 49.3 Å². The van der Waals surface area contributed by atoms with Gasteiger partial charge in [-0.25, -0.2) is 0 Å². The van der Waals surface area contributed by atoms with Crippen molar-refractivity contribution < 1.29 is 9.90 Å². The first-order valence-electron chi connectivity index (χ1n) is 3.94. The monoisotopic (exact) mass is 277 g/mol. The molecule has 0 spiro atoms. The highest BCUT2D eigenvalue weighted by molar-refractivity contribution is 9.10. The van der Waals surface area contributed by atoms with E-state index in [1.807, 2.05) is 0 Å². The fourth-order valence-electron chi connectivity index (χ4n) is 0.949. The number of hydrogen-bond acceptors (Lipinski definition) is 2. The molecule has 1 atom stereocenters. The van der Waals surface area contributed by atoms with Crippen molar-refractivity contribution in [3.63, 3.8) is 0 Å². The van der Waals surface area contributed by atoms with Crippen LogP contribution < -0.4 is 5.32 Å². The van der Waals surface area contributed by atoms with Gasteiger partial charge in [-0.2, -0.15) is 0 Å². The summed E-state index contributed by atoms with van der Waals surface area (Å²) in [6.07, 6.45) is 0. The predicted octanol–water partition coefficient (Wildman–Crippen LogP) is 2.99. The number of anilines is 1. The third kappa shape index (κ3) is 3.20. The van der Waals surface area contributed by atoms with Crippen LogP contribution in [0.1, 0.15) is 6.92 Å². The van der Waals surface area contributed by atoms with Crippen LogP contribution in [-0.2, 0) is 4.79 Å². The number of carboxylic acid groups (broad SMARTS) is 1. The second kappa shape index (κ2) is 4.66. The molecule has 14 heavy (non-hydrogen) atoms. The van der Waals surface area contributed by atoms with Crippen molar-refractivity contribution in [2.45, 2.75) is 13.0 Å². The highest BCUT2D eigenvalue weighted by Crippen LogP contribution is 2.23. The van der Waals surface area contributed by atoms with Gasteiger partial charge in [-0.3, -0.25) is 4.79 Å². The van der Waals surface area contributed by atoms with Gasteiger partial charge in [0, 0.05) is 15.2 Å². The van der Waals surface area contributed by atoms with Gasteiger partial charge in [-0.1, -0.05) is 27.5 Å². The number of halogens is 2. The highest BCUT2D eigenvalue weighted by atomic mass is 79.9. The lowest BCUT2D eigenvalue weighted by Gasteiger charge is -2.11.